The predicted octanol–water partition coefficient (Wildman–Crippen LogP) is -6.72. The summed E-state index contributed by atoms with van der Waals surface area (Å²) in [4.78, 5) is 0. The van der Waals surface area contributed by atoms with Gasteiger partial charge in [-0.05, 0) is 43.9 Å². The molecule has 136 valence electrons. The first kappa shape index (κ1) is 27.0. The van der Waals surface area contributed by atoms with Crippen molar-refractivity contribution in [3.05, 3.63) is 0 Å². The van der Waals surface area contributed by atoms with Crippen LogP contribution in [0.1, 0.15) is 32.1 Å². The van der Waals surface area contributed by atoms with Gasteiger partial charge in [-0.25, -0.2) is 21.6 Å². The second kappa shape index (κ2) is 11.3. The van der Waals surface area contributed by atoms with E-state index < -0.39 is 25.4 Å². The van der Waals surface area contributed by atoms with Crippen molar-refractivity contribution in [3.63, 3.8) is 0 Å². The van der Waals surface area contributed by atoms with E-state index in [0.29, 0.717) is 25.7 Å². The van der Waals surface area contributed by atoms with Crippen LogP contribution in [0.25, 0.3) is 0 Å². The van der Waals surface area contributed by atoms with E-state index in [0.717, 1.165) is 18.3 Å². The van der Waals surface area contributed by atoms with Crippen LogP contribution in [0.15, 0.2) is 0 Å². The van der Waals surface area contributed by atoms with E-state index in [9.17, 15) is 26.6 Å². The number of rotatable bonds is 6. The van der Waals surface area contributed by atoms with Crippen LogP contribution in [0.4, 0.5) is 0 Å². The van der Waals surface area contributed by atoms with Crippen molar-refractivity contribution in [2.24, 2.45) is 11.8 Å². The molecular formula is C11H19NNa2O8S3. The van der Waals surface area contributed by atoms with Gasteiger partial charge in [0, 0.05) is 23.3 Å². The van der Waals surface area contributed by atoms with Gasteiger partial charge in [-0.1, -0.05) is 0 Å². The molecule has 5 unspecified atom stereocenters. The molecule has 0 aliphatic heterocycles. The van der Waals surface area contributed by atoms with Crippen molar-refractivity contribution < 1.29 is 95.1 Å². The van der Waals surface area contributed by atoms with Crippen LogP contribution in [0.2, 0.25) is 0 Å². The summed E-state index contributed by atoms with van der Waals surface area (Å²) >= 11 is 0.807. The molecule has 0 aromatic carbocycles. The second-order valence-corrected chi connectivity index (χ2v) is 10.4. The maximum atomic E-state index is 11.5. The van der Waals surface area contributed by atoms with Crippen LogP contribution < -0.4 is 69.1 Å². The van der Waals surface area contributed by atoms with Gasteiger partial charge in [0.05, 0.1) is 21.6 Å². The van der Waals surface area contributed by atoms with Gasteiger partial charge >= 0.3 is 59.1 Å². The van der Waals surface area contributed by atoms with Crippen molar-refractivity contribution in [2.45, 2.75) is 48.6 Å². The summed E-state index contributed by atoms with van der Waals surface area (Å²) in [6.07, 6.45) is 2.94. The molecule has 0 radical (unpaired) electrons. The van der Waals surface area contributed by atoms with Gasteiger partial charge in [-0.3, -0.25) is 5.04 Å². The third kappa shape index (κ3) is 8.13. The minimum Gasteiger partial charge on any atom is -0.748 e. The minimum absolute atomic E-state index is 0. The molecule has 0 aromatic heterocycles. The smallest absolute Gasteiger partial charge is 0.748 e. The van der Waals surface area contributed by atoms with E-state index in [2.05, 4.69) is 14.1 Å². The Bertz CT molecular complexity index is 617. The molecule has 0 heterocycles. The molecule has 2 fully saturated rings. The largest absolute Gasteiger partial charge is 1.00 e. The summed E-state index contributed by atoms with van der Waals surface area (Å²) in [6, 6.07) is -0.323. The van der Waals surface area contributed by atoms with Crippen molar-refractivity contribution in [1.29, 1.82) is 0 Å². The van der Waals surface area contributed by atoms with E-state index in [-0.39, 0.29) is 88.7 Å². The van der Waals surface area contributed by atoms with Gasteiger partial charge in [-0.2, -0.15) is 4.33 Å². The molecule has 2 saturated carbocycles. The summed E-state index contributed by atoms with van der Waals surface area (Å²) in [5, 5.41) is 12.2. The molecule has 0 bridgehead atoms. The van der Waals surface area contributed by atoms with Crippen LogP contribution in [0, 0.1) is 11.8 Å². The predicted molar refractivity (Wildman–Crippen MR) is 78.9 cm³/mol. The number of hydrogen-bond acceptors (Lipinski definition) is 9. The molecule has 0 aromatic rings. The molecule has 25 heavy (non-hydrogen) atoms. The van der Waals surface area contributed by atoms with Gasteiger partial charge in [0.25, 0.3) is 0 Å². The molecule has 2 rings (SSSR count). The molecule has 2 aliphatic carbocycles. The van der Waals surface area contributed by atoms with Gasteiger partial charge in [0.1, 0.15) is 0 Å². The van der Waals surface area contributed by atoms with Gasteiger partial charge in [0.2, 0.25) is 10.0 Å². The molecule has 1 N–H and O–H groups in total. The molecule has 9 nitrogen and oxygen atoms in total. The van der Waals surface area contributed by atoms with E-state index in [1.807, 2.05) is 0 Å². The van der Waals surface area contributed by atoms with Crippen LogP contribution >= 0.6 is 12.0 Å². The van der Waals surface area contributed by atoms with E-state index in [1.54, 1.807) is 0 Å². The first-order valence-corrected chi connectivity index (χ1v) is 11.3. The van der Waals surface area contributed by atoms with E-state index in [1.165, 1.54) is 0 Å². The van der Waals surface area contributed by atoms with Crippen LogP contribution in [-0.4, -0.2) is 44.2 Å². The van der Waals surface area contributed by atoms with Gasteiger partial charge < -0.3 is 9.81 Å². The Labute approximate surface area is 196 Å². The van der Waals surface area contributed by atoms with Crippen molar-refractivity contribution in [1.82, 2.24) is 4.72 Å². The van der Waals surface area contributed by atoms with E-state index >= 15 is 0 Å². The standard InChI is InChI=1S/C11H21NO8S3.2Na/c1-22(14,15)12-7-2-3-8-9(6-7)10(21-20-19-13)4-5-11(8)23(16,17)18;;/h7-13H,2-6H2,1H3,(H,16,17,18);;/q;2*+1/p-2. The molecule has 5 atom stereocenters. The topological polar surface area (TPSA) is 145 Å². The zero-order valence-corrected chi connectivity index (χ0v) is 20.9. The normalized spacial score (nSPS) is 32.8. The average molecular weight is 435 g/mol. The summed E-state index contributed by atoms with van der Waals surface area (Å²) in [7, 11) is -7.81. The van der Waals surface area contributed by atoms with Crippen LogP contribution in [0.3, 0.4) is 0 Å². The first-order chi connectivity index (χ1) is 10.6. The van der Waals surface area contributed by atoms with Crippen LogP contribution in [0.5, 0.6) is 0 Å². The zero-order valence-electron chi connectivity index (χ0n) is 14.4. The van der Waals surface area contributed by atoms with Gasteiger partial charge in [-0.15, -0.1) is 0 Å². The van der Waals surface area contributed by atoms with Gasteiger partial charge in [0.15, 0.2) is 0 Å². The summed E-state index contributed by atoms with van der Waals surface area (Å²) in [5.41, 5.74) is 0. The van der Waals surface area contributed by atoms with Crippen LogP contribution in [-0.2, 0) is 29.5 Å². The number of nitrogens with one attached hydrogen (secondary N) is 1. The summed E-state index contributed by atoms with van der Waals surface area (Å²) in [5.74, 6) is -0.609. The Morgan fingerprint density at radius 1 is 1.04 bits per heavy atom. The number of sulfonamides is 1. The fourth-order valence-corrected chi connectivity index (χ4v) is 6.66. The Hall–Kier alpha value is 2.05. The van der Waals surface area contributed by atoms with Crippen molar-refractivity contribution in [3.8, 4) is 0 Å². The summed E-state index contributed by atoms with van der Waals surface area (Å²) < 4.78 is 64.2. The molecule has 14 heteroatoms. The molecular weight excluding hydrogens is 416 g/mol. The average Bonchev–Trinajstić information content (AvgIpc) is 2.41. The monoisotopic (exact) mass is 435 g/mol. The zero-order chi connectivity index (χ0) is 17.3. The number of fused-ring (bicyclic) bond motifs is 1. The third-order valence-corrected chi connectivity index (χ3v) is 7.64. The maximum Gasteiger partial charge on any atom is 1.00 e. The first-order valence-electron chi connectivity index (χ1n) is 7.16. The van der Waals surface area contributed by atoms with Crippen molar-refractivity contribution >= 4 is 32.2 Å². The second-order valence-electron chi connectivity index (χ2n) is 6.11. The Balaban J connectivity index is 0.00000288. The van der Waals surface area contributed by atoms with E-state index in [4.69, 9.17) is 0 Å². The third-order valence-electron chi connectivity index (χ3n) is 4.59. The maximum absolute atomic E-state index is 11.5. The fourth-order valence-electron chi connectivity index (χ4n) is 3.83. The Kier molecular flexibility index (Phi) is 12.2. The number of hydrogen-bond donors (Lipinski definition) is 1. The fraction of sp³-hybridized carbons (Fsp3) is 1.00. The molecule has 0 saturated heterocycles. The molecule has 2 aliphatic rings. The Morgan fingerprint density at radius 2 is 1.68 bits per heavy atom. The quantitative estimate of drug-likeness (QED) is 0.141. The minimum atomic E-state index is -4.42. The molecule has 0 spiro atoms. The molecule has 0 amide bonds. The Morgan fingerprint density at radius 3 is 2.20 bits per heavy atom. The van der Waals surface area contributed by atoms with Crippen molar-refractivity contribution in [2.75, 3.05) is 6.26 Å². The SMILES string of the molecule is CS(=O)(=O)NC1CCC2C(C1)C(SOO[O-])CCC2S(=O)(=O)[O-].[Na+].[Na+]. The summed E-state index contributed by atoms with van der Waals surface area (Å²) in [6.45, 7) is 0.